The Morgan fingerprint density at radius 1 is 1.26 bits per heavy atom. The Bertz CT molecular complexity index is 453. The van der Waals surface area contributed by atoms with E-state index in [4.69, 9.17) is 0 Å². The van der Waals surface area contributed by atoms with E-state index in [9.17, 15) is 4.79 Å². The number of carbonyl (C=O) groups is 1. The monoisotopic (exact) mass is 321 g/mol. The highest BCUT2D eigenvalue weighted by atomic mass is 79.9. The van der Waals surface area contributed by atoms with Crippen molar-refractivity contribution in [2.45, 2.75) is 43.6 Å². The zero-order chi connectivity index (χ0) is 13.3. The van der Waals surface area contributed by atoms with Crippen LogP contribution in [0, 0.1) is 5.92 Å². The summed E-state index contributed by atoms with van der Waals surface area (Å²) >= 11 is 3.58. The normalized spacial score (nSPS) is 28.1. The Morgan fingerprint density at radius 3 is 2.58 bits per heavy atom. The Hall–Kier alpha value is -0.830. The number of alkyl halides is 1. The van der Waals surface area contributed by atoms with Gasteiger partial charge in [-0.3, -0.25) is 4.79 Å². The minimum Gasteiger partial charge on any atom is -0.350 e. The van der Waals surface area contributed by atoms with Gasteiger partial charge in [0, 0.05) is 16.8 Å². The molecular formula is C16H20BrNO. The number of hydrogen-bond donors (Lipinski definition) is 1. The van der Waals surface area contributed by atoms with E-state index in [1.807, 2.05) is 6.07 Å². The van der Waals surface area contributed by atoms with E-state index < -0.39 is 0 Å². The molecule has 3 rings (SSSR count). The summed E-state index contributed by atoms with van der Waals surface area (Å²) in [5, 5.41) is 4.20. The topological polar surface area (TPSA) is 29.1 Å². The van der Waals surface area contributed by atoms with Gasteiger partial charge in [-0.25, -0.2) is 0 Å². The van der Waals surface area contributed by atoms with Crippen LogP contribution >= 0.6 is 15.9 Å². The lowest BCUT2D eigenvalue weighted by Gasteiger charge is -2.28. The van der Waals surface area contributed by atoms with E-state index in [1.165, 1.54) is 18.4 Å². The lowest BCUT2D eigenvalue weighted by molar-refractivity contribution is -0.124. The molecule has 3 heteroatoms. The lowest BCUT2D eigenvalue weighted by Crippen LogP contribution is -2.48. The van der Waals surface area contributed by atoms with E-state index in [0.29, 0.717) is 5.92 Å². The van der Waals surface area contributed by atoms with Crippen LogP contribution in [-0.2, 0) is 4.79 Å². The maximum absolute atomic E-state index is 12.4. The summed E-state index contributed by atoms with van der Waals surface area (Å²) in [6, 6.07) is 10.4. The van der Waals surface area contributed by atoms with Crippen molar-refractivity contribution in [2.24, 2.45) is 5.92 Å². The van der Waals surface area contributed by atoms with Crippen LogP contribution in [0.2, 0.25) is 0 Å². The predicted octanol–water partition coefficient (Wildman–Crippen LogP) is 3.61. The van der Waals surface area contributed by atoms with E-state index >= 15 is 0 Å². The van der Waals surface area contributed by atoms with Crippen LogP contribution in [0.5, 0.6) is 0 Å². The quantitative estimate of drug-likeness (QED) is 0.843. The highest BCUT2D eigenvalue weighted by Gasteiger charge is 2.46. The van der Waals surface area contributed by atoms with Crippen molar-refractivity contribution < 1.29 is 4.79 Å². The van der Waals surface area contributed by atoms with Crippen molar-refractivity contribution in [2.75, 3.05) is 5.33 Å². The summed E-state index contributed by atoms with van der Waals surface area (Å²) in [6.07, 6.45) is 5.71. The Kier molecular flexibility index (Phi) is 3.66. The Morgan fingerprint density at radius 2 is 1.95 bits per heavy atom. The predicted molar refractivity (Wildman–Crippen MR) is 80.4 cm³/mol. The molecule has 2 atom stereocenters. The molecule has 2 aliphatic carbocycles. The third-order valence-electron chi connectivity index (χ3n) is 4.56. The van der Waals surface area contributed by atoms with Crippen LogP contribution in [-0.4, -0.2) is 16.8 Å². The second-order valence-electron chi connectivity index (χ2n) is 5.97. The second-order valence-corrected chi connectivity index (χ2v) is 6.53. The van der Waals surface area contributed by atoms with Crippen LogP contribution in [0.25, 0.3) is 0 Å². The highest BCUT2D eigenvalue weighted by Crippen LogP contribution is 2.48. The third-order valence-corrected chi connectivity index (χ3v) is 5.63. The Balaban J connectivity index is 1.61. The van der Waals surface area contributed by atoms with E-state index in [-0.39, 0.29) is 17.4 Å². The molecule has 2 fully saturated rings. The van der Waals surface area contributed by atoms with Crippen molar-refractivity contribution in [1.82, 2.24) is 5.32 Å². The smallest absolute Gasteiger partial charge is 0.224 e. The molecule has 0 bridgehead atoms. The summed E-state index contributed by atoms with van der Waals surface area (Å²) in [5.74, 6) is 0.893. The average molecular weight is 322 g/mol. The van der Waals surface area contributed by atoms with Crippen LogP contribution in [0.1, 0.15) is 43.6 Å². The summed E-state index contributed by atoms with van der Waals surface area (Å²) in [5.41, 5.74) is 1.34. The number of benzene rings is 1. The molecule has 2 saturated carbocycles. The maximum atomic E-state index is 12.4. The SMILES string of the molecule is O=C(NC1(CBr)CCCC1)C1CC1c1ccccc1. The van der Waals surface area contributed by atoms with Crippen LogP contribution in [0.4, 0.5) is 0 Å². The molecule has 0 spiro atoms. The fourth-order valence-electron chi connectivity index (χ4n) is 3.25. The first-order chi connectivity index (χ1) is 9.24. The van der Waals surface area contributed by atoms with Crippen LogP contribution in [0.15, 0.2) is 30.3 Å². The molecule has 0 radical (unpaired) electrons. The van der Waals surface area contributed by atoms with E-state index in [1.54, 1.807) is 0 Å². The fraction of sp³-hybridized carbons (Fsp3) is 0.562. The molecule has 0 aromatic heterocycles. The van der Waals surface area contributed by atoms with Gasteiger partial charge in [-0.2, -0.15) is 0 Å². The van der Waals surface area contributed by atoms with Crippen molar-refractivity contribution >= 4 is 21.8 Å². The number of hydrogen-bond acceptors (Lipinski definition) is 1. The molecule has 1 aromatic carbocycles. The molecule has 1 aromatic rings. The van der Waals surface area contributed by atoms with Gasteiger partial charge in [0.15, 0.2) is 0 Å². The van der Waals surface area contributed by atoms with Crippen LogP contribution < -0.4 is 5.32 Å². The summed E-state index contributed by atoms with van der Waals surface area (Å²) in [6.45, 7) is 0. The van der Waals surface area contributed by atoms with Crippen molar-refractivity contribution in [3.8, 4) is 0 Å². The van der Waals surface area contributed by atoms with E-state index in [2.05, 4.69) is 45.5 Å². The van der Waals surface area contributed by atoms with Gasteiger partial charge in [0.2, 0.25) is 5.91 Å². The average Bonchev–Trinajstić information content (AvgIpc) is 3.13. The molecular weight excluding hydrogens is 302 g/mol. The first-order valence-electron chi connectivity index (χ1n) is 7.17. The lowest BCUT2D eigenvalue weighted by atomic mass is 10.00. The van der Waals surface area contributed by atoms with Gasteiger partial charge in [-0.15, -0.1) is 0 Å². The Labute approximate surface area is 123 Å². The number of rotatable bonds is 4. The van der Waals surface area contributed by atoms with Crippen molar-refractivity contribution in [3.05, 3.63) is 35.9 Å². The van der Waals surface area contributed by atoms with Gasteiger partial charge in [0.1, 0.15) is 0 Å². The molecule has 102 valence electrons. The zero-order valence-corrected chi connectivity index (χ0v) is 12.7. The van der Waals surface area contributed by atoms with Crippen LogP contribution in [0.3, 0.4) is 0 Å². The third kappa shape index (κ3) is 2.71. The molecule has 2 unspecified atom stereocenters. The largest absolute Gasteiger partial charge is 0.350 e. The van der Waals surface area contributed by atoms with Gasteiger partial charge in [0.05, 0.1) is 0 Å². The molecule has 0 heterocycles. The zero-order valence-electron chi connectivity index (χ0n) is 11.1. The van der Waals surface area contributed by atoms with Gasteiger partial charge in [-0.1, -0.05) is 59.1 Å². The summed E-state index contributed by atoms with van der Waals surface area (Å²) in [7, 11) is 0. The summed E-state index contributed by atoms with van der Waals surface area (Å²) in [4.78, 5) is 12.4. The fourth-order valence-corrected chi connectivity index (χ4v) is 3.95. The van der Waals surface area contributed by atoms with Gasteiger partial charge in [0.25, 0.3) is 0 Å². The van der Waals surface area contributed by atoms with Gasteiger partial charge >= 0.3 is 0 Å². The standard InChI is InChI=1S/C16H20BrNO/c17-11-16(8-4-5-9-16)18-15(19)14-10-13(14)12-6-2-1-3-7-12/h1-3,6-7,13-14H,4-5,8-11H2,(H,18,19). The molecule has 2 aliphatic rings. The molecule has 1 N–H and O–H groups in total. The van der Waals surface area contributed by atoms with Crippen molar-refractivity contribution in [3.63, 3.8) is 0 Å². The minimum absolute atomic E-state index is 0.0287. The maximum Gasteiger partial charge on any atom is 0.224 e. The first kappa shape index (κ1) is 13.2. The van der Waals surface area contributed by atoms with E-state index in [0.717, 1.165) is 24.6 Å². The first-order valence-corrected chi connectivity index (χ1v) is 8.29. The van der Waals surface area contributed by atoms with Gasteiger partial charge in [-0.05, 0) is 30.7 Å². The van der Waals surface area contributed by atoms with Crippen molar-refractivity contribution in [1.29, 1.82) is 0 Å². The second kappa shape index (κ2) is 5.28. The number of carbonyl (C=O) groups excluding carboxylic acids is 1. The highest BCUT2D eigenvalue weighted by molar-refractivity contribution is 9.09. The van der Waals surface area contributed by atoms with Gasteiger partial charge < -0.3 is 5.32 Å². The number of nitrogens with one attached hydrogen (secondary N) is 1. The molecule has 19 heavy (non-hydrogen) atoms. The number of amides is 1. The molecule has 0 saturated heterocycles. The molecule has 1 amide bonds. The number of halogens is 1. The molecule has 2 nitrogen and oxygen atoms in total. The molecule has 0 aliphatic heterocycles. The minimum atomic E-state index is 0.0287. The summed E-state index contributed by atoms with van der Waals surface area (Å²) < 4.78 is 0.